The third-order valence-corrected chi connectivity index (χ3v) is 4.98. The number of phenolic OH excluding ortho intramolecular Hbond substituents is 1. The maximum Gasteiger partial charge on any atom is 0.269 e. The normalized spacial score (nSPS) is 11.3. The van der Waals surface area contributed by atoms with E-state index in [9.17, 15) is 20.0 Å². The number of nitrogens with zero attached hydrogens (tertiary/aromatic N) is 4. The number of benzene rings is 4. The largest absolute Gasteiger partial charge is 0.507 e. The van der Waals surface area contributed by atoms with E-state index in [-0.39, 0.29) is 23.8 Å². The molecule has 0 spiro atoms. The number of hydrazone groups is 1. The molecule has 34 heavy (non-hydrogen) atoms. The molecule has 4 aromatic rings. The molecule has 0 atom stereocenters. The van der Waals surface area contributed by atoms with Crippen LogP contribution in [0.4, 0.5) is 17.1 Å². The number of nitro groups is 1. The standard InChI is InChI=1S/C25H19N5O4/c31-24-13-10-21(28-27-20-8-11-22(12-9-20)30(33)34)14-19(24)16-26-29-25(32)15-18-6-3-5-17-4-1-2-7-23(17)18/h1-14,16,31H,15H2,(H,29,32)/b26-16-,28-27?. The van der Waals surface area contributed by atoms with Gasteiger partial charge in [0.05, 0.1) is 28.9 Å². The van der Waals surface area contributed by atoms with Crippen molar-refractivity contribution in [2.24, 2.45) is 15.3 Å². The summed E-state index contributed by atoms with van der Waals surface area (Å²) in [5, 5.41) is 34.9. The van der Waals surface area contributed by atoms with Crippen LogP contribution in [0.3, 0.4) is 0 Å². The van der Waals surface area contributed by atoms with Crippen molar-refractivity contribution in [3.63, 3.8) is 0 Å². The number of hydrogen-bond donors (Lipinski definition) is 2. The van der Waals surface area contributed by atoms with Crippen molar-refractivity contribution in [2.75, 3.05) is 0 Å². The Hall–Kier alpha value is -4.92. The SMILES string of the molecule is O=C(Cc1cccc2ccccc12)N/N=C\c1cc(N=Nc2ccc([N+](=O)[O-])cc2)ccc1O. The van der Waals surface area contributed by atoms with Gasteiger partial charge in [0, 0.05) is 17.7 Å². The van der Waals surface area contributed by atoms with Gasteiger partial charge in [-0.1, -0.05) is 42.5 Å². The number of amides is 1. The van der Waals surface area contributed by atoms with Crippen LogP contribution in [-0.4, -0.2) is 22.2 Å². The average Bonchev–Trinajstić information content (AvgIpc) is 2.85. The highest BCUT2D eigenvalue weighted by atomic mass is 16.6. The number of carbonyl (C=O) groups excluding carboxylic acids is 1. The first kappa shape index (κ1) is 22.3. The van der Waals surface area contributed by atoms with Crippen molar-refractivity contribution in [2.45, 2.75) is 6.42 Å². The van der Waals surface area contributed by atoms with Crippen molar-refractivity contribution in [3.05, 3.63) is 106 Å². The molecule has 0 heterocycles. The lowest BCUT2D eigenvalue weighted by Gasteiger charge is -2.05. The zero-order valence-corrected chi connectivity index (χ0v) is 17.8. The molecule has 4 aromatic carbocycles. The minimum absolute atomic E-state index is 0.0374. The summed E-state index contributed by atoms with van der Waals surface area (Å²) in [7, 11) is 0. The third kappa shape index (κ3) is 5.46. The van der Waals surface area contributed by atoms with Crippen LogP contribution in [0.2, 0.25) is 0 Å². The van der Waals surface area contributed by atoms with Gasteiger partial charge in [-0.05, 0) is 46.7 Å². The molecule has 0 unspecified atom stereocenters. The Kier molecular flexibility index (Phi) is 6.64. The van der Waals surface area contributed by atoms with Gasteiger partial charge >= 0.3 is 0 Å². The number of carbonyl (C=O) groups is 1. The second-order valence-electron chi connectivity index (χ2n) is 7.32. The molecule has 9 heteroatoms. The van der Waals surface area contributed by atoms with Crippen LogP contribution in [-0.2, 0) is 11.2 Å². The van der Waals surface area contributed by atoms with Crippen molar-refractivity contribution in [3.8, 4) is 5.75 Å². The van der Waals surface area contributed by atoms with E-state index in [2.05, 4.69) is 20.8 Å². The van der Waals surface area contributed by atoms with Gasteiger partial charge in [0.1, 0.15) is 5.75 Å². The zero-order chi connectivity index (χ0) is 23.9. The topological polar surface area (TPSA) is 130 Å². The molecule has 0 fully saturated rings. The quantitative estimate of drug-likeness (QED) is 0.164. The number of rotatable bonds is 7. The first-order chi connectivity index (χ1) is 16.5. The maximum atomic E-state index is 12.4. The third-order valence-electron chi connectivity index (χ3n) is 4.98. The molecule has 1 amide bonds. The summed E-state index contributed by atoms with van der Waals surface area (Å²) in [6, 6.07) is 23.8. The molecule has 4 rings (SSSR count). The van der Waals surface area contributed by atoms with Crippen LogP contribution in [0.25, 0.3) is 10.8 Å². The van der Waals surface area contributed by atoms with Crippen LogP contribution in [0.5, 0.6) is 5.75 Å². The molecule has 0 aliphatic rings. The molecule has 0 aliphatic heterocycles. The van der Waals surface area contributed by atoms with Crippen molar-refractivity contribution < 1.29 is 14.8 Å². The number of azo groups is 1. The van der Waals surface area contributed by atoms with Gasteiger partial charge in [-0.15, -0.1) is 0 Å². The molecule has 0 bridgehead atoms. The van der Waals surface area contributed by atoms with Crippen molar-refractivity contribution in [1.82, 2.24) is 5.43 Å². The van der Waals surface area contributed by atoms with Gasteiger partial charge in [0.2, 0.25) is 5.91 Å². The Labute approximate surface area is 194 Å². The summed E-state index contributed by atoms with van der Waals surface area (Å²) in [5.41, 5.74) is 4.54. The van der Waals surface area contributed by atoms with E-state index < -0.39 is 4.92 Å². The van der Waals surface area contributed by atoms with E-state index in [1.54, 1.807) is 12.1 Å². The molecule has 0 aliphatic carbocycles. The summed E-state index contributed by atoms with van der Waals surface area (Å²) in [4.78, 5) is 22.6. The van der Waals surface area contributed by atoms with E-state index in [1.807, 2.05) is 42.5 Å². The summed E-state index contributed by atoms with van der Waals surface area (Å²) in [6.45, 7) is 0. The fraction of sp³-hybridized carbons (Fsp3) is 0.0400. The lowest BCUT2D eigenvalue weighted by atomic mass is 10.0. The molecule has 2 N–H and O–H groups in total. The lowest BCUT2D eigenvalue weighted by molar-refractivity contribution is -0.384. The lowest BCUT2D eigenvalue weighted by Crippen LogP contribution is -2.19. The van der Waals surface area contributed by atoms with Crippen LogP contribution in [0, 0.1) is 10.1 Å². The Balaban J connectivity index is 1.41. The monoisotopic (exact) mass is 453 g/mol. The smallest absolute Gasteiger partial charge is 0.269 e. The highest BCUT2D eigenvalue weighted by Gasteiger charge is 2.07. The number of non-ortho nitro benzene ring substituents is 1. The molecule has 0 radical (unpaired) electrons. The fourth-order valence-electron chi connectivity index (χ4n) is 3.30. The number of nitro benzene ring substituents is 1. The van der Waals surface area contributed by atoms with Crippen LogP contribution >= 0.6 is 0 Å². The Bertz CT molecular complexity index is 1410. The summed E-state index contributed by atoms with van der Waals surface area (Å²) in [5.74, 6) is -0.331. The van der Waals surface area contributed by atoms with E-state index >= 15 is 0 Å². The summed E-state index contributed by atoms with van der Waals surface area (Å²) >= 11 is 0. The second kappa shape index (κ2) is 10.1. The maximum absolute atomic E-state index is 12.4. The molecular formula is C25H19N5O4. The van der Waals surface area contributed by atoms with Crippen LogP contribution in [0.1, 0.15) is 11.1 Å². The van der Waals surface area contributed by atoms with Gasteiger partial charge in [-0.2, -0.15) is 15.3 Å². The van der Waals surface area contributed by atoms with Crippen LogP contribution in [0.15, 0.2) is 100 Å². The highest BCUT2D eigenvalue weighted by molar-refractivity contribution is 5.91. The minimum Gasteiger partial charge on any atom is -0.507 e. The highest BCUT2D eigenvalue weighted by Crippen LogP contribution is 2.25. The number of phenols is 1. The van der Waals surface area contributed by atoms with E-state index in [0.717, 1.165) is 16.3 Å². The molecule has 168 valence electrons. The molecule has 0 saturated carbocycles. The van der Waals surface area contributed by atoms with Gasteiger partial charge in [-0.3, -0.25) is 14.9 Å². The predicted molar refractivity (Wildman–Crippen MR) is 129 cm³/mol. The summed E-state index contributed by atoms with van der Waals surface area (Å²) in [6.07, 6.45) is 1.48. The Morgan fingerprint density at radius 3 is 2.44 bits per heavy atom. The number of nitrogens with one attached hydrogen (secondary N) is 1. The predicted octanol–water partition coefficient (Wildman–Crippen LogP) is 5.56. The number of fused-ring (bicyclic) bond motifs is 1. The van der Waals surface area contributed by atoms with Crippen molar-refractivity contribution in [1.29, 1.82) is 0 Å². The zero-order valence-electron chi connectivity index (χ0n) is 17.8. The number of hydrogen-bond acceptors (Lipinski definition) is 7. The molecule has 0 aromatic heterocycles. The Morgan fingerprint density at radius 2 is 1.65 bits per heavy atom. The van der Waals surface area contributed by atoms with Gasteiger partial charge in [0.25, 0.3) is 5.69 Å². The minimum atomic E-state index is -0.493. The molecule has 9 nitrogen and oxygen atoms in total. The molecular weight excluding hydrogens is 434 g/mol. The summed E-state index contributed by atoms with van der Waals surface area (Å²) < 4.78 is 0. The average molecular weight is 453 g/mol. The van der Waals surface area contributed by atoms with E-state index in [1.165, 1.54) is 36.5 Å². The van der Waals surface area contributed by atoms with E-state index in [0.29, 0.717) is 16.9 Å². The van der Waals surface area contributed by atoms with Gasteiger partial charge in [-0.25, -0.2) is 5.43 Å². The second-order valence-corrected chi connectivity index (χ2v) is 7.32. The first-order valence-electron chi connectivity index (χ1n) is 10.3. The van der Waals surface area contributed by atoms with Crippen molar-refractivity contribution >= 4 is 40.0 Å². The fourth-order valence-corrected chi connectivity index (χ4v) is 3.30. The first-order valence-corrected chi connectivity index (χ1v) is 10.3. The van der Waals surface area contributed by atoms with Gasteiger partial charge in [0.15, 0.2) is 0 Å². The molecule has 0 saturated heterocycles. The van der Waals surface area contributed by atoms with Crippen LogP contribution < -0.4 is 5.43 Å². The Morgan fingerprint density at radius 1 is 0.941 bits per heavy atom. The van der Waals surface area contributed by atoms with Gasteiger partial charge < -0.3 is 5.11 Å². The van der Waals surface area contributed by atoms with E-state index in [4.69, 9.17) is 0 Å². The number of aromatic hydroxyl groups is 1.